The minimum absolute atomic E-state index is 0.237. The number of hydrogen-bond acceptors (Lipinski definition) is 1. The fourth-order valence-corrected chi connectivity index (χ4v) is 2.01. The van der Waals surface area contributed by atoms with Crippen molar-refractivity contribution in [2.75, 3.05) is 0 Å². The van der Waals surface area contributed by atoms with Gasteiger partial charge in [0.15, 0.2) is 0 Å². The molecule has 0 saturated carbocycles. The standard InChI is InChI=1S/C14H25F3O/c1-4-6-7-8-10-13(3,5-2)12(18)9-11-14(15,16)17/h4-11H2,1-3H3. The van der Waals surface area contributed by atoms with Crippen LogP contribution in [0.5, 0.6) is 0 Å². The van der Waals surface area contributed by atoms with Crippen LogP contribution in [0.2, 0.25) is 0 Å². The van der Waals surface area contributed by atoms with Crippen LogP contribution in [0.25, 0.3) is 0 Å². The molecule has 108 valence electrons. The molecule has 0 spiro atoms. The van der Waals surface area contributed by atoms with Crippen molar-refractivity contribution in [2.45, 2.75) is 78.3 Å². The van der Waals surface area contributed by atoms with Gasteiger partial charge >= 0.3 is 6.18 Å². The fourth-order valence-electron chi connectivity index (χ4n) is 2.01. The second kappa shape index (κ2) is 7.80. The topological polar surface area (TPSA) is 17.1 Å². The van der Waals surface area contributed by atoms with Gasteiger partial charge in [-0.15, -0.1) is 0 Å². The number of rotatable bonds is 9. The summed E-state index contributed by atoms with van der Waals surface area (Å²) in [5, 5.41) is 0. The molecule has 0 amide bonds. The summed E-state index contributed by atoms with van der Waals surface area (Å²) >= 11 is 0. The zero-order valence-electron chi connectivity index (χ0n) is 11.7. The molecular weight excluding hydrogens is 241 g/mol. The molecule has 0 aromatic carbocycles. The predicted molar refractivity (Wildman–Crippen MR) is 67.5 cm³/mol. The van der Waals surface area contributed by atoms with Crippen LogP contribution in [0, 0.1) is 5.41 Å². The summed E-state index contributed by atoms with van der Waals surface area (Å²) < 4.78 is 36.3. The molecule has 0 heterocycles. The number of unbranched alkanes of at least 4 members (excludes halogenated alkanes) is 3. The van der Waals surface area contributed by atoms with Gasteiger partial charge in [-0.3, -0.25) is 4.79 Å². The maximum atomic E-state index is 12.1. The van der Waals surface area contributed by atoms with Gasteiger partial charge in [-0.05, 0) is 12.8 Å². The number of halogens is 3. The van der Waals surface area contributed by atoms with E-state index in [9.17, 15) is 18.0 Å². The number of hydrogen-bond donors (Lipinski definition) is 0. The Labute approximate surface area is 108 Å². The van der Waals surface area contributed by atoms with Gasteiger partial charge in [0.1, 0.15) is 5.78 Å². The molecule has 18 heavy (non-hydrogen) atoms. The SMILES string of the molecule is CCCCCCC(C)(CC)C(=O)CCC(F)(F)F. The molecule has 0 radical (unpaired) electrons. The zero-order valence-corrected chi connectivity index (χ0v) is 11.7. The Bertz CT molecular complexity index is 248. The Balaban J connectivity index is 4.21. The quantitative estimate of drug-likeness (QED) is 0.518. The average Bonchev–Trinajstić information content (AvgIpc) is 2.30. The average molecular weight is 266 g/mol. The van der Waals surface area contributed by atoms with E-state index in [1.807, 2.05) is 6.92 Å². The van der Waals surface area contributed by atoms with Gasteiger partial charge in [0.25, 0.3) is 0 Å². The second-order valence-corrected chi connectivity index (χ2v) is 5.26. The summed E-state index contributed by atoms with van der Waals surface area (Å²) in [5.41, 5.74) is -0.570. The highest BCUT2D eigenvalue weighted by atomic mass is 19.4. The molecule has 4 heteroatoms. The van der Waals surface area contributed by atoms with Crippen molar-refractivity contribution in [2.24, 2.45) is 5.41 Å². The Morgan fingerprint density at radius 2 is 1.61 bits per heavy atom. The molecule has 1 unspecified atom stereocenters. The van der Waals surface area contributed by atoms with E-state index in [4.69, 9.17) is 0 Å². The maximum absolute atomic E-state index is 12.1. The largest absolute Gasteiger partial charge is 0.389 e. The molecule has 0 N–H and O–H groups in total. The molecule has 0 aliphatic rings. The summed E-state index contributed by atoms with van der Waals surface area (Å²) in [4.78, 5) is 11.9. The van der Waals surface area contributed by atoms with Crippen LogP contribution in [0.1, 0.15) is 72.1 Å². The first-order chi connectivity index (χ1) is 8.25. The molecule has 0 aromatic rings. The summed E-state index contributed by atoms with van der Waals surface area (Å²) in [5.74, 6) is -0.237. The normalized spacial score (nSPS) is 15.4. The molecule has 0 aliphatic heterocycles. The predicted octanol–water partition coefficient (Wildman–Crippen LogP) is 5.28. The first-order valence-electron chi connectivity index (χ1n) is 6.85. The third kappa shape index (κ3) is 7.02. The molecule has 0 aromatic heterocycles. The van der Waals surface area contributed by atoms with Crippen LogP contribution < -0.4 is 0 Å². The van der Waals surface area contributed by atoms with Gasteiger partial charge in [0, 0.05) is 11.8 Å². The van der Waals surface area contributed by atoms with Crippen LogP contribution in [0.15, 0.2) is 0 Å². The van der Waals surface area contributed by atoms with Crippen LogP contribution >= 0.6 is 0 Å². The van der Waals surface area contributed by atoms with Gasteiger partial charge in [-0.25, -0.2) is 0 Å². The molecule has 0 rings (SSSR count). The van der Waals surface area contributed by atoms with Crippen molar-refractivity contribution in [1.82, 2.24) is 0 Å². The zero-order chi connectivity index (χ0) is 14.2. The summed E-state index contributed by atoms with van der Waals surface area (Å²) in [7, 11) is 0. The van der Waals surface area contributed by atoms with Crippen molar-refractivity contribution in [3.63, 3.8) is 0 Å². The van der Waals surface area contributed by atoms with Gasteiger partial charge in [-0.2, -0.15) is 13.2 Å². The Hall–Kier alpha value is -0.540. The summed E-state index contributed by atoms with van der Waals surface area (Å²) in [6.45, 7) is 5.79. The molecule has 0 bridgehead atoms. The van der Waals surface area contributed by atoms with E-state index in [-0.39, 0.29) is 12.2 Å². The summed E-state index contributed by atoms with van der Waals surface area (Å²) in [6.07, 6.45) is -0.0451. The summed E-state index contributed by atoms with van der Waals surface area (Å²) in [6, 6.07) is 0. The van der Waals surface area contributed by atoms with Gasteiger partial charge in [0.05, 0.1) is 6.42 Å². The lowest BCUT2D eigenvalue weighted by Crippen LogP contribution is -2.28. The van der Waals surface area contributed by atoms with E-state index >= 15 is 0 Å². The Morgan fingerprint density at radius 1 is 1.00 bits per heavy atom. The number of ketones is 1. The van der Waals surface area contributed by atoms with E-state index in [1.54, 1.807) is 6.92 Å². The highest BCUT2D eigenvalue weighted by molar-refractivity contribution is 5.84. The Morgan fingerprint density at radius 3 is 2.06 bits per heavy atom. The lowest BCUT2D eigenvalue weighted by molar-refractivity contribution is -0.147. The number of carbonyl (C=O) groups is 1. The minimum atomic E-state index is -4.23. The fraction of sp³-hybridized carbons (Fsp3) is 0.929. The molecule has 0 fully saturated rings. The van der Waals surface area contributed by atoms with Crippen LogP contribution in [0.4, 0.5) is 13.2 Å². The highest BCUT2D eigenvalue weighted by Gasteiger charge is 2.34. The number of carbonyl (C=O) groups excluding carboxylic acids is 1. The monoisotopic (exact) mass is 266 g/mol. The number of alkyl halides is 3. The molecule has 0 saturated heterocycles. The highest BCUT2D eigenvalue weighted by Crippen LogP contribution is 2.33. The van der Waals surface area contributed by atoms with Gasteiger partial charge in [0.2, 0.25) is 0 Å². The third-order valence-electron chi connectivity index (χ3n) is 3.67. The van der Waals surface area contributed by atoms with Crippen LogP contribution in [-0.4, -0.2) is 12.0 Å². The van der Waals surface area contributed by atoms with Crippen molar-refractivity contribution < 1.29 is 18.0 Å². The van der Waals surface area contributed by atoms with Crippen molar-refractivity contribution in [3.05, 3.63) is 0 Å². The molecule has 0 aliphatic carbocycles. The maximum Gasteiger partial charge on any atom is 0.389 e. The van der Waals surface area contributed by atoms with Crippen molar-refractivity contribution in [1.29, 1.82) is 0 Å². The lowest BCUT2D eigenvalue weighted by atomic mass is 9.76. The van der Waals surface area contributed by atoms with Crippen LogP contribution in [0.3, 0.4) is 0 Å². The van der Waals surface area contributed by atoms with Crippen molar-refractivity contribution in [3.8, 4) is 0 Å². The first-order valence-corrected chi connectivity index (χ1v) is 6.85. The lowest BCUT2D eigenvalue weighted by Gasteiger charge is -2.27. The van der Waals surface area contributed by atoms with Gasteiger partial charge < -0.3 is 0 Å². The molecule has 1 nitrogen and oxygen atoms in total. The minimum Gasteiger partial charge on any atom is -0.299 e. The number of Topliss-reactive ketones (excluding diaryl/α,β-unsaturated/α-hetero) is 1. The second-order valence-electron chi connectivity index (χ2n) is 5.26. The van der Waals surface area contributed by atoms with E-state index in [2.05, 4.69) is 6.92 Å². The molecule has 1 atom stereocenters. The smallest absolute Gasteiger partial charge is 0.299 e. The molecular formula is C14H25F3O. The van der Waals surface area contributed by atoms with E-state index in [1.165, 1.54) is 0 Å². The van der Waals surface area contributed by atoms with Crippen molar-refractivity contribution >= 4 is 5.78 Å². The van der Waals surface area contributed by atoms with E-state index < -0.39 is 18.0 Å². The van der Waals surface area contributed by atoms with E-state index in [0.717, 1.165) is 25.7 Å². The first kappa shape index (κ1) is 17.5. The third-order valence-corrected chi connectivity index (χ3v) is 3.67. The van der Waals surface area contributed by atoms with E-state index in [0.29, 0.717) is 12.8 Å². The Kier molecular flexibility index (Phi) is 7.56. The van der Waals surface area contributed by atoms with Crippen LogP contribution in [-0.2, 0) is 4.79 Å². The van der Waals surface area contributed by atoms with Gasteiger partial charge in [-0.1, -0.05) is 46.5 Å².